The van der Waals surface area contributed by atoms with E-state index in [9.17, 15) is 0 Å². The van der Waals surface area contributed by atoms with E-state index in [0.717, 1.165) is 11.8 Å². The highest BCUT2D eigenvalue weighted by Crippen LogP contribution is 2.44. The third-order valence-corrected chi connectivity index (χ3v) is 7.87. The molecule has 4 unspecified atom stereocenters. The van der Waals surface area contributed by atoms with E-state index in [1.807, 2.05) is 0 Å². The molecule has 5 rings (SSSR count). The van der Waals surface area contributed by atoms with Gasteiger partial charge in [-0.15, -0.1) is 0 Å². The fraction of sp³-hybridized carbons (Fsp3) is 0.556. The molecule has 4 atom stereocenters. The maximum atomic E-state index is 4.22. The van der Waals surface area contributed by atoms with E-state index in [1.54, 1.807) is 22.3 Å². The molecule has 1 aromatic carbocycles. The summed E-state index contributed by atoms with van der Waals surface area (Å²) in [5, 5.41) is 4.22. The molecular weight excluding hydrogens is 338 g/mol. The van der Waals surface area contributed by atoms with Gasteiger partial charge in [0.25, 0.3) is 0 Å². The van der Waals surface area contributed by atoms with Gasteiger partial charge in [0, 0.05) is 12.1 Å². The van der Waals surface area contributed by atoms with Gasteiger partial charge in [-0.25, -0.2) is 0 Å². The minimum atomic E-state index is 0.518. The van der Waals surface area contributed by atoms with Crippen LogP contribution in [0.2, 0.25) is 0 Å². The lowest BCUT2D eigenvalue weighted by atomic mass is 9.69. The Bertz CT molecular complexity index is 812. The molecule has 1 nitrogen and oxygen atoms in total. The van der Waals surface area contributed by atoms with Gasteiger partial charge in [-0.1, -0.05) is 61.4 Å². The molecule has 1 aromatic rings. The van der Waals surface area contributed by atoms with E-state index >= 15 is 0 Å². The van der Waals surface area contributed by atoms with Gasteiger partial charge in [0.1, 0.15) is 0 Å². The minimum absolute atomic E-state index is 0.518. The molecule has 28 heavy (non-hydrogen) atoms. The molecule has 0 radical (unpaired) electrons. The molecule has 0 bridgehead atoms. The van der Waals surface area contributed by atoms with Crippen LogP contribution in [0.5, 0.6) is 0 Å². The number of allylic oxidation sites excluding steroid dienone is 4. The van der Waals surface area contributed by atoms with Gasteiger partial charge in [0.2, 0.25) is 0 Å². The molecule has 1 saturated heterocycles. The second kappa shape index (κ2) is 8.03. The van der Waals surface area contributed by atoms with Crippen molar-refractivity contribution in [1.29, 1.82) is 0 Å². The van der Waals surface area contributed by atoms with E-state index in [1.165, 1.54) is 69.8 Å². The van der Waals surface area contributed by atoms with Crippen molar-refractivity contribution in [3.8, 4) is 0 Å². The zero-order valence-electron chi connectivity index (χ0n) is 17.4. The van der Waals surface area contributed by atoms with Gasteiger partial charge in [0.05, 0.1) is 0 Å². The normalized spacial score (nSPS) is 32.2. The molecule has 148 valence electrons. The van der Waals surface area contributed by atoms with Gasteiger partial charge < -0.3 is 5.32 Å². The lowest BCUT2D eigenvalue weighted by Gasteiger charge is -2.44. The first-order chi connectivity index (χ1) is 13.8. The zero-order chi connectivity index (χ0) is 18.9. The molecule has 3 aliphatic carbocycles. The number of nitrogens with one attached hydrogen (secondary N) is 1. The Labute approximate surface area is 171 Å². The van der Waals surface area contributed by atoms with Gasteiger partial charge in [-0.3, -0.25) is 0 Å². The van der Waals surface area contributed by atoms with Gasteiger partial charge in [0.15, 0.2) is 0 Å². The van der Waals surface area contributed by atoms with Crippen molar-refractivity contribution in [1.82, 2.24) is 5.32 Å². The summed E-state index contributed by atoms with van der Waals surface area (Å²) >= 11 is 0. The number of hydrogen-bond donors (Lipinski definition) is 1. The van der Waals surface area contributed by atoms with E-state index in [2.05, 4.69) is 54.7 Å². The average Bonchev–Trinajstić information content (AvgIpc) is 2.78. The average molecular weight is 374 g/mol. The molecule has 1 fully saturated rings. The lowest BCUT2D eigenvalue weighted by molar-refractivity contribution is 0.178. The van der Waals surface area contributed by atoms with Gasteiger partial charge in [-0.05, 0) is 91.9 Å². The first-order valence-corrected chi connectivity index (χ1v) is 11.8. The van der Waals surface area contributed by atoms with Crippen LogP contribution >= 0.6 is 0 Å². The van der Waals surface area contributed by atoms with Crippen molar-refractivity contribution < 1.29 is 0 Å². The molecule has 4 aliphatic rings. The fourth-order valence-corrected chi connectivity index (χ4v) is 6.39. The quantitative estimate of drug-likeness (QED) is 0.607. The number of fused-ring (bicyclic) bond motifs is 1. The highest BCUT2D eigenvalue weighted by atomic mass is 15.0. The Balaban J connectivity index is 1.45. The maximum Gasteiger partial charge on any atom is 0.0329 e. The molecule has 1 aliphatic heterocycles. The van der Waals surface area contributed by atoms with Crippen LogP contribution in [0, 0.1) is 11.8 Å². The molecular formula is C27H35N. The molecule has 0 saturated carbocycles. The highest BCUT2D eigenvalue weighted by Gasteiger charge is 2.38. The van der Waals surface area contributed by atoms with E-state index in [4.69, 9.17) is 0 Å². The smallest absolute Gasteiger partial charge is 0.0329 e. The van der Waals surface area contributed by atoms with E-state index < -0.39 is 0 Å². The Morgan fingerprint density at radius 3 is 2.86 bits per heavy atom. The lowest BCUT2D eigenvalue weighted by Crippen LogP contribution is -2.49. The summed E-state index contributed by atoms with van der Waals surface area (Å²) in [7, 11) is 0. The summed E-state index contributed by atoms with van der Waals surface area (Å²) in [5.41, 5.74) is 8.11. The summed E-state index contributed by atoms with van der Waals surface area (Å²) in [6, 6.07) is 8.18. The van der Waals surface area contributed by atoms with Crippen LogP contribution in [0.4, 0.5) is 0 Å². The summed E-state index contributed by atoms with van der Waals surface area (Å²) in [6.07, 6.45) is 22.7. The van der Waals surface area contributed by atoms with Gasteiger partial charge >= 0.3 is 0 Å². The van der Waals surface area contributed by atoms with Crippen molar-refractivity contribution in [3.63, 3.8) is 0 Å². The van der Waals surface area contributed by atoms with Crippen molar-refractivity contribution in [2.75, 3.05) is 0 Å². The molecule has 0 spiro atoms. The second-order valence-corrected chi connectivity index (χ2v) is 9.35. The highest BCUT2D eigenvalue weighted by molar-refractivity contribution is 5.61. The Morgan fingerprint density at radius 2 is 1.93 bits per heavy atom. The fourth-order valence-electron chi connectivity index (χ4n) is 6.39. The summed E-state index contributed by atoms with van der Waals surface area (Å²) < 4.78 is 0. The van der Waals surface area contributed by atoms with Crippen molar-refractivity contribution in [2.45, 2.75) is 83.2 Å². The predicted molar refractivity (Wildman–Crippen MR) is 119 cm³/mol. The topological polar surface area (TPSA) is 12.0 Å². The number of aryl methyl sites for hydroxylation is 1. The van der Waals surface area contributed by atoms with E-state index in [-0.39, 0.29) is 0 Å². The summed E-state index contributed by atoms with van der Waals surface area (Å²) in [5.74, 6) is 1.54. The van der Waals surface area contributed by atoms with Crippen molar-refractivity contribution >= 4 is 6.08 Å². The zero-order valence-corrected chi connectivity index (χ0v) is 17.4. The summed E-state index contributed by atoms with van der Waals surface area (Å²) in [4.78, 5) is 0. The Kier molecular flexibility index (Phi) is 5.28. The molecule has 1 heteroatoms. The molecule has 0 aromatic heterocycles. The molecule has 1 heterocycles. The van der Waals surface area contributed by atoms with Crippen LogP contribution < -0.4 is 5.32 Å². The number of benzene rings is 1. The SMILES string of the molecule is CCC1CCC(c2cccc3c2C=CCC3)NC1C1CC=CC2=C1CCCC2. The van der Waals surface area contributed by atoms with Crippen LogP contribution in [0.25, 0.3) is 6.08 Å². The first kappa shape index (κ1) is 18.4. The van der Waals surface area contributed by atoms with E-state index in [0.29, 0.717) is 12.1 Å². The monoisotopic (exact) mass is 373 g/mol. The van der Waals surface area contributed by atoms with Crippen molar-refractivity contribution in [3.05, 3.63) is 64.3 Å². The summed E-state index contributed by atoms with van der Waals surface area (Å²) in [6.45, 7) is 2.40. The Morgan fingerprint density at radius 1 is 1.00 bits per heavy atom. The van der Waals surface area contributed by atoms with Gasteiger partial charge in [-0.2, -0.15) is 0 Å². The minimum Gasteiger partial charge on any atom is -0.306 e. The number of piperidine rings is 1. The third kappa shape index (κ3) is 3.32. The number of rotatable bonds is 3. The largest absolute Gasteiger partial charge is 0.306 e. The van der Waals surface area contributed by atoms with Crippen LogP contribution in [0.3, 0.4) is 0 Å². The molecule has 0 amide bonds. The van der Waals surface area contributed by atoms with Crippen LogP contribution in [0.1, 0.15) is 87.4 Å². The van der Waals surface area contributed by atoms with Crippen LogP contribution in [-0.2, 0) is 6.42 Å². The standard InChI is InChI=1S/C27H35N/c1-2-19-17-18-26(24-15-7-11-20-9-3-5-13-22(20)24)28-27(19)25-16-8-12-21-10-4-6-14-23(21)25/h5,7-8,11-13,15,19,25-28H,2-4,6,9-10,14,16-18H2,1H3. The number of hydrogen-bond acceptors (Lipinski definition) is 1. The van der Waals surface area contributed by atoms with Crippen LogP contribution in [-0.4, -0.2) is 6.04 Å². The molecule has 1 N–H and O–H groups in total. The predicted octanol–water partition coefficient (Wildman–Crippen LogP) is 6.91. The van der Waals surface area contributed by atoms with Crippen LogP contribution in [0.15, 0.2) is 47.6 Å². The third-order valence-electron chi connectivity index (χ3n) is 7.87. The Hall–Kier alpha value is -1.60. The second-order valence-electron chi connectivity index (χ2n) is 9.35. The maximum absolute atomic E-state index is 4.22. The first-order valence-electron chi connectivity index (χ1n) is 11.8. The van der Waals surface area contributed by atoms with Crippen molar-refractivity contribution in [2.24, 2.45) is 11.8 Å².